The second kappa shape index (κ2) is 10.3. The number of methoxy groups -OCH3 is 1. The van der Waals surface area contributed by atoms with Gasteiger partial charge in [0.25, 0.3) is 5.56 Å². The zero-order valence-electron chi connectivity index (χ0n) is 17.0. The van der Waals surface area contributed by atoms with Crippen LogP contribution in [-0.2, 0) is 6.54 Å². The van der Waals surface area contributed by atoms with Crippen molar-refractivity contribution in [2.45, 2.75) is 46.1 Å². The zero-order valence-corrected chi connectivity index (χ0v) is 17.0. The summed E-state index contributed by atoms with van der Waals surface area (Å²) in [7, 11) is 1.49. The van der Waals surface area contributed by atoms with Crippen LogP contribution in [0.5, 0.6) is 17.4 Å². The molecule has 0 fully saturated rings. The number of para-hydroxylation sites is 2. The maximum atomic E-state index is 12.8. The van der Waals surface area contributed by atoms with E-state index in [-0.39, 0.29) is 29.8 Å². The lowest BCUT2D eigenvalue weighted by Crippen LogP contribution is -2.27. The molecule has 154 valence electrons. The molecule has 1 heterocycles. The second-order valence-corrected chi connectivity index (χ2v) is 6.69. The van der Waals surface area contributed by atoms with Gasteiger partial charge in [-0.15, -0.1) is 0 Å². The molecule has 0 spiro atoms. The summed E-state index contributed by atoms with van der Waals surface area (Å²) >= 11 is 0. The Hall–Kier alpha value is -3.27. The number of unbranched alkanes of at least 4 members (excludes halogenated alkanes) is 3. The maximum absolute atomic E-state index is 12.8. The monoisotopic (exact) mass is 398 g/mol. The van der Waals surface area contributed by atoms with Crippen LogP contribution in [-0.4, -0.2) is 29.2 Å². The molecule has 7 nitrogen and oxygen atoms in total. The fourth-order valence-corrected chi connectivity index (χ4v) is 3.14. The summed E-state index contributed by atoms with van der Waals surface area (Å²) in [5.74, 6) is -0.0879. The van der Waals surface area contributed by atoms with Crippen LogP contribution in [0, 0.1) is 18.3 Å². The first kappa shape index (κ1) is 22.0. The van der Waals surface area contributed by atoms with E-state index < -0.39 is 17.2 Å². The van der Waals surface area contributed by atoms with Gasteiger partial charge in [0.1, 0.15) is 11.6 Å². The molecule has 2 rings (SSSR count). The van der Waals surface area contributed by atoms with Crippen molar-refractivity contribution in [3.63, 3.8) is 0 Å². The number of rotatable bonds is 10. The number of nitrogens with zero attached hydrogens (tertiary/aromatic N) is 2. The van der Waals surface area contributed by atoms with Crippen molar-refractivity contribution < 1.29 is 19.4 Å². The lowest BCUT2D eigenvalue weighted by atomic mass is 10.0. The van der Waals surface area contributed by atoms with E-state index in [0.29, 0.717) is 17.9 Å². The number of aromatic hydroxyl groups is 1. The van der Waals surface area contributed by atoms with E-state index in [1.54, 1.807) is 24.3 Å². The van der Waals surface area contributed by atoms with Gasteiger partial charge in [-0.25, -0.2) is 0 Å². The standard InChI is InChI=1S/C22H26N2O5/c1-4-5-6-9-12-24-21(26)16(13-23)15(2)20(22(24)27)17(25)14-29-19-11-8-7-10-18(19)28-3/h7-8,10-11,27H,4-6,9,12,14H2,1-3H3. The Morgan fingerprint density at radius 3 is 2.52 bits per heavy atom. The molecule has 0 aliphatic rings. The van der Waals surface area contributed by atoms with Gasteiger partial charge in [0.05, 0.1) is 12.7 Å². The average molecular weight is 398 g/mol. The number of nitriles is 1. The van der Waals surface area contributed by atoms with Gasteiger partial charge in [0.2, 0.25) is 11.7 Å². The van der Waals surface area contributed by atoms with Crippen molar-refractivity contribution >= 4 is 5.78 Å². The Morgan fingerprint density at radius 2 is 1.90 bits per heavy atom. The van der Waals surface area contributed by atoms with Crippen molar-refractivity contribution in [1.29, 1.82) is 5.26 Å². The highest BCUT2D eigenvalue weighted by Crippen LogP contribution is 2.27. The number of benzene rings is 1. The SMILES string of the molecule is CCCCCCn1c(O)c(C(=O)COc2ccccc2OC)c(C)c(C#N)c1=O. The number of carbonyl (C=O) groups excluding carboxylic acids is 1. The predicted octanol–water partition coefficient (Wildman–Crippen LogP) is 3.58. The highest BCUT2D eigenvalue weighted by atomic mass is 16.5. The molecule has 0 amide bonds. The van der Waals surface area contributed by atoms with Crippen LogP contribution in [0.15, 0.2) is 29.1 Å². The summed E-state index contributed by atoms with van der Waals surface area (Å²) in [6.45, 7) is 3.43. The maximum Gasteiger partial charge on any atom is 0.271 e. The van der Waals surface area contributed by atoms with E-state index >= 15 is 0 Å². The number of ketones is 1. The van der Waals surface area contributed by atoms with E-state index in [1.165, 1.54) is 14.0 Å². The Labute approximate surface area is 170 Å². The molecule has 0 aliphatic carbocycles. The minimum atomic E-state index is -0.582. The number of carbonyl (C=O) groups is 1. The summed E-state index contributed by atoms with van der Waals surface area (Å²) < 4.78 is 11.9. The van der Waals surface area contributed by atoms with Crippen LogP contribution in [0.1, 0.15) is 54.1 Å². The number of hydrogen-bond acceptors (Lipinski definition) is 6. The fraction of sp³-hybridized carbons (Fsp3) is 0.409. The number of hydrogen-bond donors (Lipinski definition) is 1. The number of Topliss-reactive ketones (excluding diaryl/α,β-unsaturated/α-hetero) is 1. The summed E-state index contributed by atoms with van der Waals surface area (Å²) in [6, 6.07) is 8.74. The van der Waals surface area contributed by atoms with Crippen molar-refractivity contribution in [3.05, 3.63) is 51.3 Å². The summed E-state index contributed by atoms with van der Waals surface area (Å²) in [5.41, 5.74) is -0.625. The Balaban J connectivity index is 2.34. The van der Waals surface area contributed by atoms with Crippen molar-refractivity contribution in [3.8, 4) is 23.4 Å². The third-order valence-electron chi connectivity index (χ3n) is 4.74. The molecule has 0 radical (unpaired) electrons. The lowest BCUT2D eigenvalue weighted by molar-refractivity contribution is 0.0914. The second-order valence-electron chi connectivity index (χ2n) is 6.69. The largest absolute Gasteiger partial charge is 0.494 e. The first-order valence-corrected chi connectivity index (χ1v) is 9.61. The summed E-state index contributed by atoms with van der Waals surface area (Å²) in [4.78, 5) is 25.4. The van der Waals surface area contributed by atoms with Gasteiger partial charge >= 0.3 is 0 Å². The van der Waals surface area contributed by atoms with Crippen LogP contribution < -0.4 is 15.0 Å². The minimum absolute atomic E-state index is 0.0634. The topological polar surface area (TPSA) is 102 Å². The molecule has 7 heteroatoms. The smallest absolute Gasteiger partial charge is 0.271 e. The third-order valence-corrected chi connectivity index (χ3v) is 4.74. The van der Waals surface area contributed by atoms with E-state index in [1.807, 2.05) is 6.07 Å². The molecule has 0 unspecified atom stereocenters. The predicted molar refractivity (Wildman–Crippen MR) is 109 cm³/mol. The number of ether oxygens (including phenoxy) is 2. The number of pyridine rings is 1. The van der Waals surface area contributed by atoms with Gasteiger partial charge < -0.3 is 14.6 Å². The van der Waals surface area contributed by atoms with Crippen LogP contribution in [0.3, 0.4) is 0 Å². The van der Waals surface area contributed by atoms with Crippen LogP contribution in [0.25, 0.3) is 0 Å². The van der Waals surface area contributed by atoms with Crippen LogP contribution >= 0.6 is 0 Å². The van der Waals surface area contributed by atoms with Gasteiger partial charge in [0.15, 0.2) is 18.1 Å². The molecular formula is C22H26N2O5. The molecule has 0 atom stereocenters. The van der Waals surface area contributed by atoms with E-state index in [0.717, 1.165) is 23.8 Å². The first-order valence-electron chi connectivity index (χ1n) is 9.61. The van der Waals surface area contributed by atoms with Crippen LogP contribution in [0.4, 0.5) is 0 Å². The molecular weight excluding hydrogens is 372 g/mol. The van der Waals surface area contributed by atoms with Gasteiger partial charge in [-0.3, -0.25) is 14.2 Å². The van der Waals surface area contributed by atoms with Crippen molar-refractivity contribution in [1.82, 2.24) is 4.57 Å². The average Bonchev–Trinajstić information content (AvgIpc) is 2.72. The van der Waals surface area contributed by atoms with Gasteiger partial charge in [-0.2, -0.15) is 5.26 Å². The normalized spacial score (nSPS) is 10.4. The molecule has 0 saturated carbocycles. The van der Waals surface area contributed by atoms with Crippen molar-refractivity contribution in [2.24, 2.45) is 0 Å². The van der Waals surface area contributed by atoms with Gasteiger partial charge in [-0.05, 0) is 31.0 Å². The van der Waals surface area contributed by atoms with E-state index in [9.17, 15) is 20.0 Å². The molecule has 2 aromatic rings. The molecule has 29 heavy (non-hydrogen) atoms. The van der Waals surface area contributed by atoms with Gasteiger partial charge in [-0.1, -0.05) is 38.3 Å². The quantitative estimate of drug-likeness (QED) is 0.485. The highest BCUT2D eigenvalue weighted by molar-refractivity contribution is 6.01. The van der Waals surface area contributed by atoms with Crippen LogP contribution in [0.2, 0.25) is 0 Å². The van der Waals surface area contributed by atoms with E-state index in [2.05, 4.69) is 6.92 Å². The minimum Gasteiger partial charge on any atom is -0.494 e. The molecule has 0 bridgehead atoms. The Bertz CT molecular complexity index is 972. The fourth-order valence-electron chi connectivity index (χ4n) is 3.14. The molecule has 1 aromatic carbocycles. The molecule has 0 saturated heterocycles. The zero-order chi connectivity index (χ0) is 21.4. The number of aromatic nitrogens is 1. The lowest BCUT2D eigenvalue weighted by Gasteiger charge is -2.16. The summed E-state index contributed by atoms with van der Waals surface area (Å²) in [6.07, 6.45) is 3.59. The Kier molecular flexibility index (Phi) is 7.84. The molecule has 0 aliphatic heterocycles. The molecule has 1 aromatic heterocycles. The van der Waals surface area contributed by atoms with E-state index in [4.69, 9.17) is 9.47 Å². The molecule has 1 N–H and O–H groups in total. The Morgan fingerprint density at radius 1 is 1.21 bits per heavy atom. The summed E-state index contributed by atoms with van der Waals surface area (Å²) in [5, 5.41) is 20.1. The highest BCUT2D eigenvalue weighted by Gasteiger charge is 2.24. The third kappa shape index (κ3) is 4.96. The van der Waals surface area contributed by atoms with Crippen molar-refractivity contribution in [2.75, 3.05) is 13.7 Å². The first-order chi connectivity index (χ1) is 14.0. The van der Waals surface area contributed by atoms with Gasteiger partial charge in [0, 0.05) is 6.54 Å².